The van der Waals surface area contributed by atoms with Gasteiger partial charge in [-0.1, -0.05) is 19.8 Å². The fourth-order valence-electron chi connectivity index (χ4n) is 3.18. The van der Waals surface area contributed by atoms with Gasteiger partial charge in [0.1, 0.15) is 0 Å². The zero-order chi connectivity index (χ0) is 14.7. The van der Waals surface area contributed by atoms with Crippen LogP contribution in [0, 0.1) is 12.8 Å². The van der Waals surface area contributed by atoms with Crippen molar-refractivity contribution in [3.8, 4) is 0 Å². The first-order chi connectivity index (χ1) is 10.3. The van der Waals surface area contributed by atoms with Crippen molar-refractivity contribution in [2.45, 2.75) is 65.0 Å². The van der Waals surface area contributed by atoms with E-state index in [1.54, 1.807) is 0 Å². The van der Waals surface area contributed by atoms with Crippen LogP contribution >= 0.6 is 0 Å². The largest absolute Gasteiger partial charge is 0.341 e. The maximum absolute atomic E-state index is 4.74. The molecule has 0 unspecified atom stereocenters. The van der Waals surface area contributed by atoms with Crippen LogP contribution in [0.15, 0.2) is 6.20 Å². The summed E-state index contributed by atoms with van der Waals surface area (Å²) in [5.41, 5.74) is 2.37. The number of anilines is 1. The summed E-state index contributed by atoms with van der Waals surface area (Å²) in [5, 5.41) is 3.54. The topological polar surface area (TPSA) is 41.1 Å². The molecule has 1 aliphatic heterocycles. The molecule has 0 aromatic carbocycles. The van der Waals surface area contributed by atoms with Gasteiger partial charge in [-0.05, 0) is 38.5 Å². The van der Waals surface area contributed by atoms with E-state index in [1.807, 2.05) is 6.20 Å². The number of nitrogens with zero attached hydrogens (tertiary/aromatic N) is 3. The summed E-state index contributed by atoms with van der Waals surface area (Å²) >= 11 is 0. The molecule has 2 fully saturated rings. The maximum Gasteiger partial charge on any atom is 0.225 e. The zero-order valence-corrected chi connectivity index (χ0v) is 13.4. The summed E-state index contributed by atoms with van der Waals surface area (Å²) in [6.45, 7) is 7.54. The first-order valence-electron chi connectivity index (χ1n) is 8.57. The van der Waals surface area contributed by atoms with E-state index in [9.17, 15) is 0 Å². The predicted molar refractivity (Wildman–Crippen MR) is 86.5 cm³/mol. The molecular weight excluding hydrogens is 260 g/mol. The monoisotopic (exact) mass is 288 g/mol. The quantitative estimate of drug-likeness (QED) is 0.873. The van der Waals surface area contributed by atoms with Crippen molar-refractivity contribution in [3.63, 3.8) is 0 Å². The molecule has 1 aromatic rings. The van der Waals surface area contributed by atoms with Crippen LogP contribution in [-0.4, -0.2) is 29.1 Å². The maximum atomic E-state index is 4.74. The standard InChI is InChI=1S/C17H28N4/c1-3-4-14-7-9-21(10-8-14)17-19-12-15(13(2)20-17)11-18-16-5-6-16/h12,14,16,18H,3-11H2,1-2H3. The number of rotatable bonds is 6. The van der Waals surface area contributed by atoms with Crippen molar-refractivity contribution < 1.29 is 0 Å². The van der Waals surface area contributed by atoms with Crippen molar-refractivity contribution >= 4 is 5.95 Å². The van der Waals surface area contributed by atoms with Gasteiger partial charge in [0.25, 0.3) is 0 Å². The van der Waals surface area contributed by atoms with Crippen molar-refractivity contribution in [1.29, 1.82) is 0 Å². The van der Waals surface area contributed by atoms with Crippen LogP contribution in [0.5, 0.6) is 0 Å². The molecule has 0 spiro atoms. The van der Waals surface area contributed by atoms with Gasteiger partial charge in [-0.3, -0.25) is 0 Å². The Morgan fingerprint density at radius 3 is 2.62 bits per heavy atom. The Morgan fingerprint density at radius 2 is 2.00 bits per heavy atom. The lowest BCUT2D eigenvalue weighted by molar-refractivity contribution is 0.376. The van der Waals surface area contributed by atoms with E-state index >= 15 is 0 Å². The van der Waals surface area contributed by atoms with Gasteiger partial charge in [0, 0.05) is 43.1 Å². The van der Waals surface area contributed by atoms with Gasteiger partial charge in [0.15, 0.2) is 0 Å². The molecule has 4 nitrogen and oxygen atoms in total. The Bertz CT molecular complexity index is 462. The lowest BCUT2D eigenvalue weighted by Crippen LogP contribution is -2.35. The van der Waals surface area contributed by atoms with Crippen molar-refractivity contribution in [2.75, 3.05) is 18.0 Å². The molecule has 1 N–H and O–H groups in total. The second-order valence-corrected chi connectivity index (χ2v) is 6.65. The number of aryl methyl sites for hydroxylation is 1. The number of nitrogens with one attached hydrogen (secondary N) is 1. The fourth-order valence-corrected chi connectivity index (χ4v) is 3.18. The average molecular weight is 288 g/mol. The molecular formula is C17H28N4. The van der Waals surface area contributed by atoms with E-state index in [4.69, 9.17) is 4.98 Å². The van der Waals surface area contributed by atoms with Crippen LogP contribution in [0.1, 0.15) is 56.7 Å². The van der Waals surface area contributed by atoms with Crippen LogP contribution in [0.4, 0.5) is 5.95 Å². The summed E-state index contributed by atoms with van der Waals surface area (Å²) < 4.78 is 0. The highest BCUT2D eigenvalue weighted by Crippen LogP contribution is 2.24. The third-order valence-electron chi connectivity index (χ3n) is 4.82. The Morgan fingerprint density at radius 1 is 1.24 bits per heavy atom. The van der Waals surface area contributed by atoms with E-state index < -0.39 is 0 Å². The van der Waals surface area contributed by atoms with Crippen LogP contribution in [0.3, 0.4) is 0 Å². The highest BCUT2D eigenvalue weighted by Gasteiger charge is 2.22. The molecule has 4 heteroatoms. The highest BCUT2D eigenvalue weighted by molar-refractivity contribution is 5.33. The van der Waals surface area contributed by atoms with Crippen LogP contribution in [0.25, 0.3) is 0 Å². The first kappa shape index (κ1) is 14.8. The minimum atomic E-state index is 0.738. The van der Waals surface area contributed by atoms with Gasteiger partial charge < -0.3 is 10.2 Å². The Balaban J connectivity index is 1.57. The fraction of sp³-hybridized carbons (Fsp3) is 0.765. The van der Waals surface area contributed by atoms with E-state index in [1.165, 1.54) is 44.1 Å². The summed E-state index contributed by atoms with van der Waals surface area (Å²) in [5.74, 6) is 1.84. The summed E-state index contributed by atoms with van der Waals surface area (Å²) in [6, 6.07) is 0.738. The third-order valence-corrected chi connectivity index (χ3v) is 4.82. The van der Waals surface area contributed by atoms with E-state index in [-0.39, 0.29) is 0 Å². The molecule has 116 valence electrons. The number of piperidine rings is 1. The number of aromatic nitrogens is 2. The molecule has 1 aromatic heterocycles. The van der Waals surface area contributed by atoms with Gasteiger partial charge in [0.2, 0.25) is 5.95 Å². The number of hydrogen-bond donors (Lipinski definition) is 1. The molecule has 0 amide bonds. The van der Waals surface area contributed by atoms with Crippen LogP contribution < -0.4 is 10.2 Å². The Hall–Kier alpha value is -1.16. The van der Waals surface area contributed by atoms with E-state index in [0.29, 0.717) is 0 Å². The molecule has 1 saturated carbocycles. The molecule has 2 heterocycles. The summed E-state index contributed by atoms with van der Waals surface area (Å²) in [7, 11) is 0. The molecule has 21 heavy (non-hydrogen) atoms. The molecule has 1 saturated heterocycles. The number of hydrogen-bond acceptors (Lipinski definition) is 4. The summed E-state index contributed by atoms with van der Waals surface area (Å²) in [4.78, 5) is 11.7. The third kappa shape index (κ3) is 3.94. The minimum Gasteiger partial charge on any atom is -0.341 e. The zero-order valence-electron chi connectivity index (χ0n) is 13.4. The Labute approximate surface area is 128 Å². The molecule has 1 aliphatic carbocycles. The van der Waals surface area contributed by atoms with E-state index in [2.05, 4.69) is 29.0 Å². The lowest BCUT2D eigenvalue weighted by atomic mass is 9.93. The van der Waals surface area contributed by atoms with Crippen LogP contribution in [0.2, 0.25) is 0 Å². The van der Waals surface area contributed by atoms with Crippen LogP contribution in [-0.2, 0) is 6.54 Å². The second kappa shape index (κ2) is 6.73. The minimum absolute atomic E-state index is 0.738. The molecule has 3 rings (SSSR count). The Kier molecular flexibility index (Phi) is 4.73. The smallest absolute Gasteiger partial charge is 0.225 e. The van der Waals surface area contributed by atoms with Gasteiger partial charge in [-0.2, -0.15) is 0 Å². The second-order valence-electron chi connectivity index (χ2n) is 6.65. The van der Waals surface area contributed by atoms with Gasteiger partial charge in [0.05, 0.1) is 0 Å². The van der Waals surface area contributed by atoms with E-state index in [0.717, 1.165) is 43.2 Å². The average Bonchev–Trinajstić information content (AvgIpc) is 3.31. The molecule has 0 bridgehead atoms. The van der Waals surface area contributed by atoms with Crippen molar-refractivity contribution in [1.82, 2.24) is 15.3 Å². The predicted octanol–water partition coefficient (Wildman–Crippen LogP) is 3.05. The molecule has 2 aliphatic rings. The molecule has 0 radical (unpaired) electrons. The first-order valence-corrected chi connectivity index (χ1v) is 8.57. The van der Waals surface area contributed by atoms with Gasteiger partial charge in [-0.15, -0.1) is 0 Å². The van der Waals surface area contributed by atoms with Gasteiger partial charge >= 0.3 is 0 Å². The summed E-state index contributed by atoms with van der Waals surface area (Å²) in [6.07, 6.45) is 9.94. The lowest BCUT2D eigenvalue weighted by Gasteiger charge is -2.32. The van der Waals surface area contributed by atoms with Crippen molar-refractivity contribution in [2.24, 2.45) is 5.92 Å². The molecule has 0 atom stereocenters. The highest BCUT2D eigenvalue weighted by atomic mass is 15.3. The van der Waals surface area contributed by atoms with Gasteiger partial charge in [-0.25, -0.2) is 9.97 Å². The SMILES string of the molecule is CCCC1CCN(c2ncc(CNC3CC3)c(C)n2)CC1. The normalized spacial score (nSPS) is 20.0. The van der Waals surface area contributed by atoms with Crippen molar-refractivity contribution in [3.05, 3.63) is 17.5 Å².